The van der Waals surface area contributed by atoms with Gasteiger partial charge in [-0.2, -0.15) is 0 Å². The van der Waals surface area contributed by atoms with Gasteiger partial charge in [0.1, 0.15) is 0 Å². The molecule has 0 unspecified atom stereocenters. The quantitative estimate of drug-likeness (QED) is 0.626. The van der Waals surface area contributed by atoms with E-state index in [0.29, 0.717) is 0 Å². The average Bonchev–Trinajstić information content (AvgIpc) is 2.30. The van der Waals surface area contributed by atoms with Crippen LogP contribution in [-0.2, 0) is 10.0 Å². The second-order valence-corrected chi connectivity index (χ2v) is 6.44. The van der Waals surface area contributed by atoms with Gasteiger partial charge in [-0.25, -0.2) is 23.1 Å². The zero-order valence-corrected chi connectivity index (χ0v) is 12.7. The number of amides is 2. The lowest BCUT2D eigenvalue weighted by molar-refractivity contribution is 0.0698. The van der Waals surface area contributed by atoms with Crippen LogP contribution in [0.2, 0.25) is 10.0 Å². The molecule has 11 heteroatoms. The second kappa shape index (κ2) is 6.94. The molecule has 116 valence electrons. The second-order valence-electron chi connectivity index (χ2n) is 3.86. The van der Waals surface area contributed by atoms with Gasteiger partial charge in [0, 0.05) is 11.6 Å². The highest BCUT2D eigenvalue weighted by atomic mass is 35.5. The predicted octanol–water partition coefficient (Wildman–Crippen LogP) is 1.10. The van der Waals surface area contributed by atoms with E-state index in [-0.39, 0.29) is 27.8 Å². The Hall–Kier alpha value is -1.55. The lowest BCUT2D eigenvalue weighted by atomic mass is 10.2. The monoisotopic (exact) mass is 355 g/mol. The molecule has 21 heavy (non-hydrogen) atoms. The number of primary sulfonamides is 1. The number of carbonyl (C=O) groups excluding carboxylic acids is 1. The fraction of sp³-hybridized carbons (Fsp3) is 0.200. The third kappa shape index (κ3) is 5.76. The van der Waals surface area contributed by atoms with Crippen molar-refractivity contribution in [3.8, 4) is 0 Å². The number of nitrogens with two attached hydrogens (primary N) is 1. The van der Waals surface area contributed by atoms with E-state index in [1.165, 1.54) is 6.07 Å². The van der Waals surface area contributed by atoms with E-state index in [1.807, 2.05) is 0 Å². The summed E-state index contributed by atoms with van der Waals surface area (Å²) in [5.41, 5.74) is -0.448. The van der Waals surface area contributed by atoms with Gasteiger partial charge in [-0.1, -0.05) is 23.2 Å². The number of carbonyl (C=O) groups is 2. The SMILES string of the molecule is NS(=O)(=O)CCNC(=O)Nc1c(Cl)cc(Cl)cc1C(=O)O. The molecule has 1 aromatic rings. The molecule has 0 aromatic heterocycles. The molecule has 0 heterocycles. The molecule has 0 radical (unpaired) electrons. The zero-order chi connectivity index (χ0) is 16.2. The summed E-state index contributed by atoms with van der Waals surface area (Å²) in [6.45, 7) is -0.238. The third-order valence-corrected chi connectivity index (χ3v) is 3.49. The maximum Gasteiger partial charge on any atom is 0.337 e. The number of sulfonamides is 1. The molecule has 0 atom stereocenters. The van der Waals surface area contributed by atoms with Crippen LogP contribution in [0.4, 0.5) is 10.5 Å². The molecule has 1 rings (SSSR count). The lowest BCUT2D eigenvalue weighted by Gasteiger charge is -2.11. The van der Waals surface area contributed by atoms with Crippen LogP contribution < -0.4 is 15.8 Å². The summed E-state index contributed by atoms with van der Waals surface area (Å²) in [6, 6.07) is 1.55. The van der Waals surface area contributed by atoms with Gasteiger partial charge in [0.05, 0.1) is 22.0 Å². The van der Waals surface area contributed by atoms with Gasteiger partial charge in [-0.05, 0) is 12.1 Å². The Labute approximate surface area is 130 Å². The number of aromatic carboxylic acids is 1. The van der Waals surface area contributed by atoms with E-state index in [9.17, 15) is 18.0 Å². The molecule has 0 bridgehead atoms. The molecule has 0 aliphatic heterocycles. The largest absolute Gasteiger partial charge is 0.478 e. The van der Waals surface area contributed by atoms with E-state index in [0.717, 1.165) is 6.07 Å². The Morgan fingerprint density at radius 3 is 2.43 bits per heavy atom. The first kappa shape index (κ1) is 17.5. The van der Waals surface area contributed by atoms with Crippen molar-refractivity contribution in [1.82, 2.24) is 5.32 Å². The number of hydrogen-bond donors (Lipinski definition) is 4. The molecular weight excluding hydrogens is 345 g/mol. The lowest BCUT2D eigenvalue weighted by Crippen LogP contribution is -2.34. The molecule has 0 spiro atoms. The topological polar surface area (TPSA) is 139 Å². The summed E-state index contributed by atoms with van der Waals surface area (Å²) in [6.07, 6.45) is 0. The maximum absolute atomic E-state index is 11.6. The Kier molecular flexibility index (Phi) is 5.78. The number of nitrogens with one attached hydrogen (secondary N) is 2. The Bertz CT molecular complexity index is 678. The van der Waals surface area contributed by atoms with Crippen LogP contribution in [0.3, 0.4) is 0 Å². The van der Waals surface area contributed by atoms with E-state index in [1.54, 1.807) is 0 Å². The van der Waals surface area contributed by atoms with Crippen LogP contribution >= 0.6 is 23.2 Å². The highest BCUT2D eigenvalue weighted by molar-refractivity contribution is 7.89. The van der Waals surface area contributed by atoms with Crippen molar-refractivity contribution in [3.05, 3.63) is 27.7 Å². The first-order valence-electron chi connectivity index (χ1n) is 5.38. The Morgan fingerprint density at radius 2 is 1.90 bits per heavy atom. The van der Waals surface area contributed by atoms with E-state index >= 15 is 0 Å². The first-order valence-corrected chi connectivity index (χ1v) is 7.85. The van der Waals surface area contributed by atoms with Gasteiger partial charge >= 0.3 is 12.0 Å². The zero-order valence-electron chi connectivity index (χ0n) is 10.4. The molecule has 0 saturated carbocycles. The van der Waals surface area contributed by atoms with Crippen LogP contribution in [0, 0.1) is 0 Å². The standard InChI is InChI=1S/C10H11Cl2N3O5S/c11-5-3-6(9(16)17)8(7(12)4-5)15-10(18)14-1-2-21(13,19)20/h3-4H,1-2H2,(H,16,17)(H2,13,19,20)(H2,14,15,18). The molecule has 5 N–H and O–H groups in total. The third-order valence-electron chi connectivity index (χ3n) is 2.20. The minimum Gasteiger partial charge on any atom is -0.478 e. The van der Waals surface area contributed by atoms with Gasteiger partial charge in [-0.15, -0.1) is 0 Å². The summed E-state index contributed by atoms with van der Waals surface area (Å²) in [5.74, 6) is -1.79. The highest BCUT2D eigenvalue weighted by Crippen LogP contribution is 2.30. The van der Waals surface area contributed by atoms with E-state index < -0.39 is 27.8 Å². The summed E-state index contributed by atoms with van der Waals surface area (Å²) >= 11 is 11.5. The van der Waals surface area contributed by atoms with Crippen LogP contribution in [0.15, 0.2) is 12.1 Å². The molecule has 0 saturated heterocycles. The normalized spacial score (nSPS) is 11.0. The summed E-state index contributed by atoms with van der Waals surface area (Å²) in [4.78, 5) is 22.6. The molecular formula is C10H11Cl2N3O5S. The van der Waals surface area contributed by atoms with Crippen molar-refractivity contribution in [3.63, 3.8) is 0 Å². The van der Waals surface area contributed by atoms with Crippen molar-refractivity contribution < 1.29 is 23.1 Å². The van der Waals surface area contributed by atoms with Crippen molar-refractivity contribution >= 4 is 50.9 Å². The van der Waals surface area contributed by atoms with E-state index in [2.05, 4.69) is 10.6 Å². The predicted molar refractivity (Wildman–Crippen MR) is 78.4 cm³/mol. The first-order chi connectivity index (χ1) is 9.60. The number of anilines is 1. The average molecular weight is 356 g/mol. The Balaban J connectivity index is 2.83. The van der Waals surface area contributed by atoms with Crippen LogP contribution in [0.5, 0.6) is 0 Å². The smallest absolute Gasteiger partial charge is 0.337 e. The minimum atomic E-state index is -3.71. The molecule has 2 amide bonds. The molecule has 0 fully saturated rings. The number of rotatable bonds is 5. The number of halogens is 2. The molecule has 1 aromatic carbocycles. The number of urea groups is 1. The summed E-state index contributed by atoms with van der Waals surface area (Å²) in [7, 11) is -3.71. The number of carboxylic acids is 1. The van der Waals surface area contributed by atoms with Crippen LogP contribution in [0.1, 0.15) is 10.4 Å². The fourth-order valence-electron chi connectivity index (χ4n) is 1.33. The van der Waals surface area contributed by atoms with Crippen molar-refractivity contribution in [2.45, 2.75) is 0 Å². The fourth-order valence-corrected chi connectivity index (χ4v) is 2.26. The number of benzene rings is 1. The van der Waals surface area contributed by atoms with Crippen molar-refractivity contribution in [2.24, 2.45) is 5.14 Å². The Morgan fingerprint density at radius 1 is 1.29 bits per heavy atom. The van der Waals surface area contributed by atoms with E-state index in [4.69, 9.17) is 33.4 Å². The number of hydrogen-bond acceptors (Lipinski definition) is 4. The van der Waals surface area contributed by atoms with Crippen LogP contribution in [-0.4, -0.2) is 37.8 Å². The molecule has 8 nitrogen and oxygen atoms in total. The van der Waals surface area contributed by atoms with Crippen LogP contribution in [0.25, 0.3) is 0 Å². The summed E-state index contributed by atoms with van der Waals surface area (Å²) in [5, 5.41) is 18.2. The van der Waals surface area contributed by atoms with Crippen molar-refractivity contribution in [1.29, 1.82) is 0 Å². The minimum absolute atomic E-state index is 0.0681. The molecule has 0 aliphatic carbocycles. The number of carboxylic acid groups (broad SMARTS) is 1. The van der Waals surface area contributed by atoms with Gasteiger partial charge < -0.3 is 15.7 Å². The van der Waals surface area contributed by atoms with Gasteiger partial charge in [0.25, 0.3) is 0 Å². The summed E-state index contributed by atoms with van der Waals surface area (Å²) < 4.78 is 21.4. The highest BCUT2D eigenvalue weighted by Gasteiger charge is 2.17. The maximum atomic E-state index is 11.6. The molecule has 0 aliphatic rings. The van der Waals surface area contributed by atoms with Gasteiger partial charge in [0.2, 0.25) is 10.0 Å². The van der Waals surface area contributed by atoms with Gasteiger partial charge in [-0.3, -0.25) is 0 Å². The van der Waals surface area contributed by atoms with Gasteiger partial charge in [0.15, 0.2) is 0 Å². The van der Waals surface area contributed by atoms with Crippen molar-refractivity contribution in [2.75, 3.05) is 17.6 Å².